The lowest BCUT2D eigenvalue weighted by atomic mass is 10.1. The first-order valence-electron chi connectivity index (χ1n) is 8.70. The molecule has 0 aliphatic carbocycles. The topological polar surface area (TPSA) is 73.3 Å². The predicted octanol–water partition coefficient (Wildman–Crippen LogP) is 5.20. The number of nitro groups is 1. The number of rotatable bonds is 5. The van der Waals surface area contributed by atoms with Crippen LogP contribution in [0.2, 0.25) is 0 Å². The van der Waals surface area contributed by atoms with Gasteiger partial charge in [-0.2, -0.15) is 5.10 Å². The van der Waals surface area contributed by atoms with Gasteiger partial charge in [0.25, 0.3) is 5.69 Å². The van der Waals surface area contributed by atoms with Gasteiger partial charge in [-0.05, 0) is 18.2 Å². The van der Waals surface area contributed by atoms with Gasteiger partial charge in [0.15, 0.2) is 0 Å². The minimum absolute atomic E-state index is 0.0166. The summed E-state index contributed by atoms with van der Waals surface area (Å²) in [7, 11) is 0. The van der Waals surface area contributed by atoms with Crippen molar-refractivity contribution < 1.29 is 4.92 Å². The van der Waals surface area contributed by atoms with Crippen LogP contribution in [0.25, 0.3) is 16.9 Å². The van der Waals surface area contributed by atoms with Gasteiger partial charge in [0.05, 0.1) is 22.4 Å². The molecule has 0 aliphatic heterocycles. The van der Waals surface area contributed by atoms with E-state index < -0.39 is 4.92 Å². The van der Waals surface area contributed by atoms with E-state index in [1.54, 1.807) is 22.9 Å². The molecule has 0 amide bonds. The lowest BCUT2D eigenvalue weighted by Gasteiger charge is -2.00. The zero-order valence-corrected chi connectivity index (χ0v) is 14.8. The van der Waals surface area contributed by atoms with Crippen molar-refractivity contribution in [1.82, 2.24) is 9.78 Å². The first-order chi connectivity index (χ1) is 13.7. The molecule has 0 radical (unpaired) electrons. The lowest BCUT2D eigenvalue weighted by Crippen LogP contribution is -1.93. The molecule has 0 fully saturated rings. The number of aliphatic imine (C=N–C) groups is 1. The van der Waals surface area contributed by atoms with E-state index in [4.69, 9.17) is 0 Å². The third-order valence-electron chi connectivity index (χ3n) is 4.24. The second kappa shape index (κ2) is 7.67. The predicted molar refractivity (Wildman–Crippen MR) is 109 cm³/mol. The van der Waals surface area contributed by atoms with Crippen LogP contribution >= 0.6 is 0 Å². The monoisotopic (exact) mass is 368 g/mol. The summed E-state index contributed by atoms with van der Waals surface area (Å²) in [6.45, 7) is 0. The summed E-state index contributed by atoms with van der Waals surface area (Å²) in [6, 6.07) is 26.0. The summed E-state index contributed by atoms with van der Waals surface area (Å²) in [5.41, 5.74) is 3.63. The summed E-state index contributed by atoms with van der Waals surface area (Å²) in [6.07, 6.45) is 3.33. The smallest absolute Gasteiger partial charge is 0.258 e. The third kappa shape index (κ3) is 3.57. The Morgan fingerprint density at radius 3 is 2.25 bits per heavy atom. The highest BCUT2D eigenvalue weighted by molar-refractivity contribution is 5.88. The molecule has 0 saturated carbocycles. The molecule has 0 saturated heterocycles. The van der Waals surface area contributed by atoms with Gasteiger partial charge in [0.1, 0.15) is 11.4 Å². The SMILES string of the molecule is O=[N+]([O-])c1ccccc1C=Nc1cn(-c2ccccc2)nc1-c1ccccc1. The maximum atomic E-state index is 11.2. The van der Waals surface area contributed by atoms with Gasteiger partial charge < -0.3 is 0 Å². The second-order valence-electron chi connectivity index (χ2n) is 6.08. The van der Waals surface area contributed by atoms with E-state index in [0.29, 0.717) is 16.9 Å². The van der Waals surface area contributed by atoms with Gasteiger partial charge in [0.2, 0.25) is 0 Å². The Kier molecular flexibility index (Phi) is 4.76. The maximum Gasteiger partial charge on any atom is 0.278 e. The molecule has 0 aliphatic rings. The molecular formula is C22H16N4O2. The van der Waals surface area contributed by atoms with E-state index in [0.717, 1.165) is 11.3 Å². The van der Waals surface area contributed by atoms with Gasteiger partial charge in [-0.3, -0.25) is 15.1 Å². The minimum Gasteiger partial charge on any atom is -0.258 e. The highest BCUT2D eigenvalue weighted by Crippen LogP contribution is 2.30. The normalized spacial score (nSPS) is 11.0. The van der Waals surface area contributed by atoms with Gasteiger partial charge >= 0.3 is 0 Å². The number of nitro benzene ring substituents is 1. The number of aromatic nitrogens is 2. The van der Waals surface area contributed by atoms with Crippen molar-refractivity contribution in [3.63, 3.8) is 0 Å². The molecule has 0 spiro atoms. The Bertz CT molecular complexity index is 1140. The van der Waals surface area contributed by atoms with Crippen LogP contribution in [0.15, 0.2) is 96.1 Å². The van der Waals surface area contributed by atoms with E-state index >= 15 is 0 Å². The van der Waals surface area contributed by atoms with Gasteiger partial charge in [-0.1, -0.05) is 60.7 Å². The highest BCUT2D eigenvalue weighted by Gasteiger charge is 2.13. The zero-order valence-electron chi connectivity index (χ0n) is 14.8. The third-order valence-corrected chi connectivity index (χ3v) is 4.24. The molecular weight excluding hydrogens is 352 g/mol. The van der Waals surface area contributed by atoms with E-state index in [1.807, 2.05) is 66.9 Å². The Morgan fingerprint density at radius 1 is 0.893 bits per heavy atom. The van der Waals surface area contributed by atoms with Crippen LogP contribution in [0, 0.1) is 10.1 Å². The van der Waals surface area contributed by atoms with Gasteiger partial charge in [-0.15, -0.1) is 0 Å². The number of para-hydroxylation sites is 2. The van der Waals surface area contributed by atoms with Crippen molar-refractivity contribution in [3.8, 4) is 16.9 Å². The Balaban J connectivity index is 1.80. The van der Waals surface area contributed by atoms with Crippen LogP contribution in [0.4, 0.5) is 11.4 Å². The molecule has 6 heteroatoms. The highest BCUT2D eigenvalue weighted by atomic mass is 16.6. The van der Waals surface area contributed by atoms with Gasteiger partial charge in [0, 0.05) is 17.8 Å². The van der Waals surface area contributed by atoms with E-state index in [1.165, 1.54) is 12.3 Å². The summed E-state index contributed by atoms with van der Waals surface area (Å²) < 4.78 is 1.76. The van der Waals surface area contributed by atoms with Crippen LogP contribution in [-0.4, -0.2) is 20.9 Å². The summed E-state index contributed by atoms with van der Waals surface area (Å²) in [4.78, 5) is 15.4. The largest absolute Gasteiger partial charge is 0.278 e. The molecule has 0 bridgehead atoms. The molecule has 3 aromatic carbocycles. The Morgan fingerprint density at radius 2 is 1.54 bits per heavy atom. The molecule has 6 nitrogen and oxygen atoms in total. The van der Waals surface area contributed by atoms with Crippen LogP contribution in [0.5, 0.6) is 0 Å². The number of nitrogens with zero attached hydrogens (tertiary/aromatic N) is 4. The van der Waals surface area contributed by atoms with Crippen LogP contribution in [0.1, 0.15) is 5.56 Å². The van der Waals surface area contributed by atoms with Crippen molar-refractivity contribution >= 4 is 17.6 Å². The fourth-order valence-corrected chi connectivity index (χ4v) is 2.88. The van der Waals surface area contributed by atoms with Crippen molar-refractivity contribution in [1.29, 1.82) is 0 Å². The first kappa shape index (κ1) is 17.4. The standard InChI is InChI=1S/C22H16N4O2/c27-26(28)21-14-8-7-11-18(21)15-23-20-16-25(19-12-5-2-6-13-19)24-22(20)17-9-3-1-4-10-17/h1-16H. The molecule has 4 aromatic rings. The molecule has 1 aromatic heterocycles. The fraction of sp³-hybridized carbons (Fsp3) is 0. The maximum absolute atomic E-state index is 11.2. The Labute approximate surface area is 161 Å². The van der Waals surface area contributed by atoms with E-state index in [2.05, 4.69) is 10.1 Å². The van der Waals surface area contributed by atoms with Crippen molar-refractivity contribution in [2.24, 2.45) is 4.99 Å². The van der Waals surface area contributed by atoms with Crippen molar-refractivity contribution in [2.45, 2.75) is 0 Å². The molecule has 136 valence electrons. The van der Waals surface area contributed by atoms with E-state index in [-0.39, 0.29) is 5.69 Å². The molecule has 0 unspecified atom stereocenters. The molecule has 28 heavy (non-hydrogen) atoms. The number of benzene rings is 3. The zero-order chi connectivity index (χ0) is 19.3. The first-order valence-corrected chi connectivity index (χ1v) is 8.70. The van der Waals surface area contributed by atoms with Crippen LogP contribution in [0.3, 0.4) is 0 Å². The average molecular weight is 368 g/mol. The second-order valence-corrected chi connectivity index (χ2v) is 6.08. The summed E-state index contributed by atoms with van der Waals surface area (Å²) >= 11 is 0. The Hall–Kier alpha value is -4.06. The van der Waals surface area contributed by atoms with Crippen LogP contribution < -0.4 is 0 Å². The van der Waals surface area contributed by atoms with Gasteiger partial charge in [-0.25, -0.2) is 4.68 Å². The van der Waals surface area contributed by atoms with Crippen LogP contribution in [-0.2, 0) is 0 Å². The number of hydrogen-bond donors (Lipinski definition) is 0. The average Bonchev–Trinajstić information content (AvgIpc) is 3.18. The van der Waals surface area contributed by atoms with E-state index in [9.17, 15) is 10.1 Å². The van der Waals surface area contributed by atoms with Crippen molar-refractivity contribution in [2.75, 3.05) is 0 Å². The molecule has 0 N–H and O–H groups in total. The lowest BCUT2D eigenvalue weighted by molar-refractivity contribution is -0.385. The quantitative estimate of drug-likeness (QED) is 0.276. The summed E-state index contributed by atoms with van der Waals surface area (Å²) in [5.74, 6) is 0. The van der Waals surface area contributed by atoms with Crippen molar-refractivity contribution in [3.05, 3.63) is 107 Å². The molecule has 1 heterocycles. The minimum atomic E-state index is -0.410. The fourth-order valence-electron chi connectivity index (χ4n) is 2.88. The molecule has 0 atom stereocenters. The number of hydrogen-bond acceptors (Lipinski definition) is 4. The summed E-state index contributed by atoms with van der Waals surface area (Å²) in [5, 5.41) is 15.9. The molecule has 4 rings (SSSR count).